The van der Waals surface area contributed by atoms with Crippen LogP contribution < -0.4 is 0 Å². The van der Waals surface area contributed by atoms with Crippen molar-refractivity contribution in [3.63, 3.8) is 0 Å². The summed E-state index contributed by atoms with van der Waals surface area (Å²) in [4.78, 5) is 28.8. The Hall–Kier alpha value is -2.50. The van der Waals surface area contributed by atoms with Crippen molar-refractivity contribution in [3.8, 4) is 0 Å². The van der Waals surface area contributed by atoms with Gasteiger partial charge >= 0.3 is 12.1 Å². The van der Waals surface area contributed by atoms with Gasteiger partial charge in [-0.3, -0.25) is 0 Å². The number of esters is 1. The van der Waals surface area contributed by atoms with Crippen molar-refractivity contribution in [3.05, 3.63) is 35.0 Å². The Labute approximate surface area is 134 Å². The molecule has 1 aliphatic rings. The highest BCUT2D eigenvalue weighted by Crippen LogP contribution is 2.28. The summed E-state index contributed by atoms with van der Waals surface area (Å²) in [5.41, 5.74) is 3.63. The van der Waals surface area contributed by atoms with Gasteiger partial charge in [0.05, 0.1) is 25.3 Å². The molecule has 0 atom stereocenters. The van der Waals surface area contributed by atoms with Gasteiger partial charge in [-0.2, -0.15) is 0 Å². The number of amides is 1. The lowest BCUT2D eigenvalue weighted by atomic mass is 10.0. The van der Waals surface area contributed by atoms with Gasteiger partial charge in [0.25, 0.3) is 0 Å². The number of rotatable bonds is 3. The van der Waals surface area contributed by atoms with Crippen molar-refractivity contribution in [1.82, 2.24) is 9.88 Å². The van der Waals surface area contributed by atoms with E-state index in [1.165, 1.54) is 0 Å². The molecule has 3 rings (SSSR count). The van der Waals surface area contributed by atoms with Crippen LogP contribution in [0.1, 0.15) is 35.5 Å². The van der Waals surface area contributed by atoms with E-state index in [9.17, 15) is 9.59 Å². The third kappa shape index (κ3) is 2.88. The molecule has 1 aromatic heterocycles. The highest BCUT2D eigenvalue weighted by Gasteiger charge is 2.25. The number of H-pyrrole nitrogens is 1. The fourth-order valence-corrected chi connectivity index (χ4v) is 2.93. The van der Waals surface area contributed by atoms with Crippen LogP contribution in [0, 0.1) is 0 Å². The van der Waals surface area contributed by atoms with Crippen molar-refractivity contribution >= 4 is 23.0 Å². The number of aromatic amines is 1. The Balaban J connectivity index is 1.90. The molecule has 0 radical (unpaired) electrons. The highest BCUT2D eigenvalue weighted by molar-refractivity contribution is 5.96. The average molecular weight is 316 g/mol. The van der Waals surface area contributed by atoms with Gasteiger partial charge in [-0.1, -0.05) is 6.07 Å². The van der Waals surface area contributed by atoms with Gasteiger partial charge < -0.3 is 19.4 Å². The number of nitrogens with one attached hydrogen (secondary N) is 1. The monoisotopic (exact) mass is 316 g/mol. The topological polar surface area (TPSA) is 71.6 Å². The Morgan fingerprint density at radius 3 is 2.74 bits per heavy atom. The summed E-state index contributed by atoms with van der Waals surface area (Å²) < 4.78 is 10.1. The molecule has 0 saturated heterocycles. The van der Waals surface area contributed by atoms with Gasteiger partial charge in [0, 0.05) is 35.1 Å². The van der Waals surface area contributed by atoms with E-state index in [1.807, 2.05) is 6.07 Å². The molecule has 122 valence electrons. The third-order valence-electron chi connectivity index (χ3n) is 4.01. The minimum atomic E-state index is -0.324. The summed E-state index contributed by atoms with van der Waals surface area (Å²) in [6.07, 6.45) is 0.466. The lowest BCUT2D eigenvalue weighted by Gasteiger charge is -2.26. The fraction of sp³-hybridized carbons (Fsp3) is 0.412. The van der Waals surface area contributed by atoms with Crippen molar-refractivity contribution in [2.75, 3.05) is 19.8 Å². The minimum absolute atomic E-state index is 0.282. The second-order valence-corrected chi connectivity index (χ2v) is 5.43. The first-order chi connectivity index (χ1) is 11.1. The largest absolute Gasteiger partial charge is 0.462 e. The normalized spacial score (nSPS) is 13.7. The maximum atomic E-state index is 11.9. The summed E-state index contributed by atoms with van der Waals surface area (Å²) in [6, 6.07) is 5.48. The number of benzene rings is 1. The Kier molecular flexibility index (Phi) is 4.23. The van der Waals surface area contributed by atoms with Crippen LogP contribution in [0.15, 0.2) is 18.2 Å². The molecule has 1 N–H and O–H groups in total. The molecule has 2 heterocycles. The zero-order chi connectivity index (χ0) is 16.4. The van der Waals surface area contributed by atoms with Gasteiger partial charge in [-0.25, -0.2) is 9.59 Å². The van der Waals surface area contributed by atoms with Crippen molar-refractivity contribution in [2.24, 2.45) is 0 Å². The van der Waals surface area contributed by atoms with Gasteiger partial charge in [-0.05, 0) is 26.0 Å². The summed E-state index contributed by atoms with van der Waals surface area (Å²) in [6.45, 7) is 5.46. The Bertz CT molecular complexity index is 750. The van der Waals surface area contributed by atoms with E-state index in [2.05, 4.69) is 4.98 Å². The number of carbonyl (C=O) groups is 2. The van der Waals surface area contributed by atoms with E-state index in [0.717, 1.165) is 28.6 Å². The zero-order valence-corrected chi connectivity index (χ0v) is 13.3. The van der Waals surface area contributed by atoms with Crippen LogP contribution >= 0.6 is 0 Å². The van der Waals surface area contributed by atoms with Crippen molar-refractivity contribution < 1.29 is 19.1 Å². The number of aromatic nitrogens is 1. The van der Waals surface area contributed by atoms with Crippen LogP contribution in [0.4, 0.5) is 4.79 Å². The van der Waals surface area contributed by atoms with Gasteiger partial charge in [0.1, 0.15) is 0 Å². The Morgan fingerprint density at radius 2 is 2.00 bits per heavy atom. The molecule has 23 heavy (non-hydrogen) atoms. The molecule has 0 bridgehead atoms. The van der Waals surface area contributed by atoms with Gasteiger partial charge in [0.2, 0.25) is 0 Å². The molecule has 1 aromatic carbocycles. The van der Waals surface area contributed by atoms with Gasteiger partial charge in [0.15, 0.2) is 0 Å². The summed E-state index contributed by atoms with van der Waals surface area (Å²) in [5, 5.41) is 1.03. The third-order valence-corrected chi connectivity index (χ3v) is 4.01. The van der Waals surface area contributed by atoms with Gasteiger partial charge in [-0.15, -0.1) is 0 Å². The van der Waals surface area contributed by atoms with Crippen LogP contribution in [0.25, 0.3) is 10.9 Å². The van der Waals surface area contributed by atoms with Crippen molar-refractivity contribution in [2.45, 2.75) is 26.8 Å². The number of ether oxygens (including phenoxy) is 2. The molecule has 0 fully saturated rings. The predicted octanol–water partition coefficient (Wildman–Crippen LogP) is 2.86. The predicted molar refractivity (Wildman–Crippen MR) is 85.4 cm³/mol. The SMILES string of the molecule is CCOC(=O)c1ccc2c3c([nH]c2c1)CCN(C(=O)OCC)C3. The first-order valence-electron chi connectivity index (χ1n) is 7.86. The zero-order valence-electron chi connectivity index (χ0n) is 13.3. The lowest BCUT2D eigenvalue weighted by molar-refractivity contribution is 0.0526. The molecular formula is C17H20N2O4. The second-order valence-electron chi connectivity index (χ2n) is 5.43. The molecule has 2 aromatic rings. The number of hydrogen-bond donors (Lipinski definition) is 1. The number of fused-ring (bicyclic) bond motifs is 3. The molecule has 0 unspecified atom stereocenters. The standard InChI is InChI=1S/C17H20N2O4/c1-3-22-16(20)11-5-6-12-13-10-19(17(21)23-4-2)8-7-14(13)18-15(12)9-11/h5-6,9,18H,3-4,7-8,10H2,1-2H3. The molecule has 1 amide bonds. The first-order valence-corrected chi connectivity index (χ1v) is 7.86. The average Bonchev–Trinajstić information content (AvgIpc) is 2.92. The summed E-state index contributed by atoms with van der Waals surface area (Å²) in [7, 11) is 0. The van der Waals surface area contributed by atoms with Crippen molar-refractivity contribution in [1.29, 1.82) is 0 Å². The number of nitrogens with zero attached hydrogens (tertiary/aromatic N) is 1. The van der Waals surface area contributed by atoms with E-state index in [4.69, 9.17) is 9.47 Å². The summed E-state index contributed by atoms with van der Waals surface area (Å²) >= 11 is 0. The minimum Gasteiger partial charge on any atom is -0.462 e. The van der Waals surface area contributed by atoms with Crippen LogP contribution in [-0.4, -0.2) is 41.7 Å². The number of hydrogen-bond acceptors (Lipinski definition) is 4. The molecule has 0 spiro atoms. The van der Waals surface area contributed by atoms with E-state index in [0.29, 0.717) is 31.9 Å². The fourth-order valence-electron chi connectivity index (χ4n) is 2.93. The maximum absolute atomic E-state index is 11.9. The number of carbonyl (C=O) groups excluding carboxylic acids is 2. The van der Waals surface area contributed by atoms with E-state index in [-0.39, 0.29) is 12.1 Å². The molecule has 0 aliphatic carbocycles. The maximum Gasteiger partial charge on any atom is 0.410 e. The quantitative estimate of drug-likeness (QED) is 0.884. The van der Waals surface area contributed by atoms with Crippen LogP contribution in [0.3, 0.4) is 0 Å². The highest BCUT2D eigenvalue weighted by atomic mass is 16.6. The van der Waals surface area contributed by atoms with E-state index < -0.39 is 0 Å². The lowest BCUT2D eigenvalue weighted by Crippen LogP contribution is -2.36. The Morgan fingerprint density at radius 1 is 1.22 bits per heavy atom. The van der Waals surface area contributed by atoms with E-state index >= 15 is 0 Å². The van der Waals surface area contributed by atoms with Crippen LogP contribution in [-0.2, 0) is 22.4 Å². The van der Waals surface area contributed by atoms with Crippen LogP contribution in [0.5, 0.6) is 0 Å². The second kappa shape index (κ2) is 6.32. The van der Waals surface area contributed by atoms with E-state index in [1.54, 1.807) is 30.9 Å². The first kappa shape index (κ1) is 15.4. The molecule has 0 saturated carbocycles. The smallest absolute Gasteiger partial charge is 0.410 e. The molecule has 6 heteroatoms. The van der Waals surface area contributed by atoms with Crippen LogP contribution in [0.2, 0.25) is 0 Å². The molecular weight excluding hydrogens is 296 g/mol. The summed E-state index contributed by atoms with van der Waals surface area (Å²) in [5.74, 6) is -0.324. The molecule has 1 aliphatic heterocycles. The molecule has 6 nitrogen and oxygen atoms in total.